The molecular formula is C24H30N4O6. The molecule has 182 valence electrons. The summed E-state index contributed by atoms with van der Waals surface area (Å²) in [6, 6.07) is 1.00. The number of carbonyl (C=O) groups is 3. The molecule has 3 unspecified atom stereocenters. The molecule has 4 atom stereocenters. The van der Waals surface area contributed by atoms with E-state index in [9.17, 15) is 29.7 Å². The molecule has 0 aromatic heterocycles. The third kappa shape index (κ3) is 3.20. The van der Waals surface area contributed by atoms with Crippen LogP contribution in [0.2, 0.25) is 0 Å². The topological polar surface area (TPSA) is 170 Å². The van der Waals surface area contributed by atoms with Gasteiger partial charge in [-0.25, -0.2) is 0 Å². The van der Waals surface area contributed by atoms with Crippen LogP contribution in [0.3, 0.4) is 0 Å². The first-order valence-corrected chi connectivity index (χ1v) is 11.1. The minimum atomic E-state index is -1.27. The predicted molar refractivity (Wildman–Crippen MR) is 125 cm³/mol. The zero-order chi connectivity index (χ0) is 25.2. The van der Waals surface area contributed by atoms with Crippen molar-refractivity contribution in [3.63, 3.8) is 0 Å². The zero-order valence-corrected chi connectivity index (χ0v) is 19.6. The molecule has 10 nitrogen and oxygen atoms in total. The van der Waals surface area contributed by atoms with Crippen molar-refractivity contribution < 1.29 is 29.7 Å². The fraction of sp³-hybridized carbons (Fsp3) is 0.458. The molecule has 0 saturated heterocycles. The summed E-state index contributed by atoms with van der Waals surface area (Å²) in [6.07, 6.45) is 0.656. The number of ketones is 2. The highest BCUT2D eigenvalue weighted by Crippen LogP contribution is 2.52. The number of fused-ring (bicyclic) bond motifs is 3. The summed E-state index contributed by atoms with van der Waals surface area (Å²) in [6.45, 7) is 0.0275. The van der Waals surface area contributed by atoms with E-state index in [0.29, 0.717) is 24.0 Å². The molecule has 4 rings (SSSR count). The van der Waals surface area contributed by atoms with Gasteiger partial charge in [-0.15, -0.1) is 0 Å². The van der Waals surface area contributed by atoms with Gasteiger partial charge in [-0.3, -0.25) is 19.3 Å². The van der Waals surface area contributed by atoms with E-state index in [1.165, 1.54) is 0 Å². The largest absolute Gasteiger partial charge is 0.510 e. The van der Waals surface area contributed by atoms with Crippen molar-refractivity contribution in [2.24, 2.45) is 29.2 Å². The van der Waals surface area contributed by atoms with Crippen molar-refractivity contribution in [1.29, 1.82) is 0 Å². The van der Waals surface area contributed by atoms with Gasteiger partial charge in [0.2, 0.25) is 0 Å². The third-order valence-electron chi connectivity index (χ3n) is 7.32. The van der Waals surface area contributed by atoms with E-state index in [1.807, 2.05) is 19.0 Å². The molecule has 3 aliphatic rings. The monoisotopic (exact) mass is 470 g/mol. The number of nitrogens with zero attached hydrogens (tertiary/aromatic N) is 2. The Morgan fingerprint density at radius 1 is 1.12 bits per heavy atom. The van der Waals surface area contributed by atoms with Crippen molar-refractivity contribution in [2.75, 3.05) is 33.1 Å². The fourth-order valence-corrected chi connectivity index (χ4v) is 5.92. The number of anilines is 1. The highest BCUT2D eigenvalue weighted by molar-refractivity contribution is 6.28. The lowest BCUT2D eigenvalue weighted by Crippen LogP contribution is -2.55. The van der Waals surface area contributed by atoms with Crippen LogP contribution in [0, 0.1) is 17.8 Å². The summed E-state index contributed by atoms with van der Waals surface area (Å²) in [4.78, 5) is 42.4. The molecule has 0 aliphatic heterocycles. The second-order valence-corrected chi connectivity index (χ2v) is 9.66. The highest BCUT2D eigenvalue weighted by Gasteiger charge is 2.55. The number of benzene rings is 1. The number of aliphatic hydroxyl groups excluding tert-OH is 2. The van der Waals surface area contributed by atoms with Crippen LogP contribution in [-0.2, 0) is 27.3 Å². The molecule has 10 heteroatoms. The van der Waals surface area contributed by atoms with Gasteiger partial charge < -0.3 is 31.7 Å². The maximum atomic E-state index is 13.7. The quantitative estimate of drug-likeness (QED) is 0.308. The number of phenolic OH excluding ortho intramolecular Hbond substituents is 1. The number of amides is 1. The van der Waals surface area contributed by atoms with Crippen LogP contribution >= 0.6 is 0 Å². The second-order valence-electron chi connectivity index (χ2n) is 9.66. The average molecular weight is 471 g/mol. The van der Waals surface area contributed by atoms with Gasteiger partial charge in [0.15, 0.2) is 11.6 Å². The molecule has 1 amide bonds. The summed E-state index contributed by atoms with van der Waals surface area (Å²) < 4.78 is 0. The Morgan fingerprint density at radius 3 is 2.29 bits per heavy atom. The summed E-state index contributed by atoms with van der Waals surface area (Å²) in [5.74, 6) is -5.87. The van der Waals surface area contributed by atoms with Crippen LogP contribution in [0.5, 0.6) is 5.75 Å². The van der Waals surface area contributed by atoms with E-state index >= 15 is 0 Å². The Balaban J connectivity index is 1.94. The van der Waals surface area contributed by atoms with E-state index in [4.69, 9.17) is 11.5 Å². The Bertz CT molecular complexity index is 1180. The number of likely N-dealkylation sites (N-methyl/N-ethyl adjacent to an activating group) is 1. The maximum absolute atomic E-state index is 13.7. The van der Waals surface area contributed by atoms with Gasteiger partial charge in [-0.05, 0) is 50.4 Å². The zero-order valence-electron chi connectivity index (χ0n) is 19.6. The lowest BCUT2D eigenvalue weighted by Gasteiger charge is -2.46. The first kappa shape index (κ1) is 23.8. The van der Waals surface area contributed by atoms with Gasteiger partial charge in [0.05, 0.1) is 17.5 Å². The van der Waals surface area contributed by atoms with Gasteiger partial charge in [0.25, 0.3) is 5.91 Å². The van der Waals surface area contributed by atoms with Crippen molar-refractivity contribution in [3.8, 4) is 5.75 Å². The minimum absolute atomic E-state index is 0.0275. The smallest absolute Gasteiger partial charge is 0.255 e. The number of hydrogen-bond donors (Lipinski definition) is 5. The van der Waals surface area contributed by atoms with E-state index in [0.717, 1.165) is 5.69 Å². The van der Waals surface area contributed by atoms with Gasteiger partial charge in [-0.1, -0.05) is 0 Å². The normalized spacial score (nSPS) is 26.4. The third-order valence-corrected chi connectivity index (χ3v) is 7.32. The van der Waals surface area contributed by atoms with Crippen LogP contribution in [0.4, 0.5) is 5.69 Å². The summed E-state index contributed by atoms with van der Waals surface area (Å²) in [5, 5.41) is 32.9. The lowest BCUT2D eigenvalue weighted by atomic mass is 9.59. The van der Waals surface area contributed by atoms with E-state index in [1.54, 1.807) is 25.1 Å². The maximum Gasteiger partial charge on any atom is 0.255 e. The summed E-state index contributed by atoms with van der Waals surface area (Å²) >= 11 is 0. The number of aromatic hydroxyl groups is 1. The summed E-state index contributed by atoms with van der Waals surface area (Å²) in [5.41, 5.74) is 12.7. The number of hydrogen-bond acceptors (Lipinski definition) is 9. The molecule has 0 heterocycles. The lowest BCUT2D eigenvalue weighted by molar-refractivity contribution is -0.136. The van der Waals surface area contributed by atoms with Crippen molar-refractivity contribution >= 4 is 28.9 Å². The molecular weight excluding hydrogens is 440 g/mol. The minimum Gasteiger partial charge on any atom is -0.510 e. The Labute approximate surface area is 197 Å². The van der Waals surface area contributed by atoms with Crippen LogP contribution in [0.25, 0.3) is 5.76 Å². The molecule has 0 spiro atoms. The molecule has 3 aliphatic carbocycles. The fourth-order valence-electron chi connectivity index (χ4n) is 5.92. The molecule has 34 heavy (non-hydrogen) atoms. The van der Waals surface area contributed by atoms with E-state index < -0.39 is 52.6 Å². The Morgan fingerprint density at radius 2 is 1.76 bits per heavy atom. The SMILES string of the molecule is CN(C)c1cc(CN)c(O)c2c1CC1CC3C(C(=O)C(C(N)=O)=C(O)[C@H]3N(C)C)C(=O)C1=C2O. The Kier molecular flexibility index (Phi) is 5.69. The van der Waals surface area contributed by atoms with Crippen molar-refractivity contribution in [3.05, 3.63) is 39.7 Å². The van der Waals surface area contributed by atoms with Crippen LogP contribution < -0.4 is 16.4 Å². The predicted octanol–water partition coefficient (Wildman–Crippen LogP) is 0.374. The molecule has 1 aromatic carbocycles. The van der Waals surface area contributed by atoms with Gasteiger partial charge >= 0.3 is 0 Å². The molecule has 1 saturated carbocycles. The second kappa shape index (κ2) is 8.14. The molecule has 7 N–H and O–H groups in total. The Hall–Kier alpha value is -3.37. The molecule has 0 radical (unpaired) electrons. The number of carbonyl (C=O) groups excluding carboxylic acids is 3. The first-order chi connectivity index (χ1) is 15.9. The molecule has 0 bridgehead atoms. The number of rotatable bonds is 4. The van der Waals surface area contributed by atoms with E-state index in [-0.39, 0.29) is 29.2 Å². The van der Waals surface area contributed by atoms with Crippen LogP contribution in [-0.4, -0.2) is 71.9 Å². The molecule has 1 aromatic rings. The first-order valence-electron chi connectivity index (χ1n) is 11.1. The molecule has 1 fully saturated rings. The number of allylic oxidation sites excluding steroid dienone is 1. The van der Waals surface area contributed by atoms with Crippen molar-refractivity contribution in [2.45, 2.75) is 25.4 Å². The standard InChI is InChI=1S/C24H30N4O6/c1-27(2)13-7-10(8-25)19(29)15-11(13)5-9-6-12-16(21(31)14(9)20(15)30)22(32)17(24(26)34)23(33)18(12)28(3)4/h7,9,12,16,18,29-30,33H,5-6,8,25H2,1-4H3,(H2,26,34)/t9?,12?,16?,18-/m0/s1. The van der Waals surface area contributed by atoms with Gasteiger partial charge in [-0.2, -0.15) is 0 Å². The van der Waals surface area contributed by atoms with Gasteiger partial charge in [0, 0.05) is 37.5 Å². The van der Waals surface area contributed by atoms with Crippen LogP contribution in [0.15, 0.2) is 23.0 Å². The number of aliphatic hydroxyl groups is 2. The van der Waals surface area contributed by atoms with Gasteiger partial charge in [0.1, 0.15) is 22.8 Å². The number of primary amides is 1. The summed E-state index contributed by atoms with van der Waals surface area (Å²) in [7, 11) is 7.04. The number of phenols is 1. The number of nitrogens with two attached hydrogens (primary N) is 2. The average Bonchev–Trinajstić information content (AvgIpc) is 2.72. The highest BCUT2D eigenvalue weighted by atomic mass is 16.3. The number of Topliss-reactive ketones (excluding diaryl/α,β-unsaturated/α-hetero) is 2. The van der Waals surface area contributed by atoms with Crippen molar-refractivity contribution in [1.82, 2.24) is 4.90 Å². The van der Waals surface area contributed by atoms with E-state index in [2.05, 4.69) is 0 Å². The van der Waals surface area contributed by atoms with Crippen LogP contribution in [0.1, 0.15) is 23.1 Å².